The summed E-state index contributed by atoms with van der Waals surface area (Å²) in [5.74, 6) is -0.798. The maximum atomic E-state index is 12.2. The van der Waals surface area contributed by atoms with Crippen LogP contribution in [0.3, 0.4) is 0 Å². The molecule has 1 saturated carbocycles. The molecule has 0 unspecified atom stereocenters. The summed E-state index contributed by atoms with van der Waals surface area (Å²) in [5.41, 5.74) is 0.232. The minimum Gasteiger partial charge on any atom is -0.464 e. The highest BCUT2D eigenvalue weighted by atomic mass is 32.2. The van der Waals surface area contributed by atoms with Gasteiger partial charge in [-0.25, -0.2) is 22.9 Å². The van der Waals surface area contributed by atoms with Gasteiger partial charge in [0.25, 0.3) is 10.0 Å². The van der Waals surface area contributed by atoms with E-state index in [-0.39, 0.29) is 16.5 Å². The number of esters is 1. The van der Waals surface area contributed by atoms with Gasteiger partial charge in [0.1, 0.15) is 0 Å². The normalized spacial score (nSPS) is 17.8. The molecule has 0 radical (unpaired) electrons. The molecule has 1 aliphatic rings. The number of aromatic nitrogens is 1. The van der Waals surface area contributed by atoms with Crippen molar-refractivity contribution in [2.45, 2.75) is 29.0 Å². The number of methoxy groups -OCH3 is 1. The quantitative estimate of drug-likeness (QED) is 0.749. The molecule has 0 amide bonds. The lowest BCUT2D eigenvalue weighted by atomic mass is 9.78. The molecule has 0 spiro atoms. The van der Waals surface area contributed by atoms with Crippen LogP contribution in [0.5, 0.6) is 0 Å². The number of hydrogen-bond acceptors (Lipinski definition) is 7. The Morgan fingerprint density at radius 2 is 2.32 bits per heavy atom. The van der Waals surface area contributed by atoms with Crippen LogP contribution < -0.4 is 4.72 Å². The number of sulfonamides is 1. The molecule has 1 aliphatic carbocycles. The van der Waals surface area contributed by atoms with Crippen LogP contribution in [-0.2, 0) is 14.8 Å². The summed E-state index contributed by atoms with van der Waals surface area (Å²) in [5, 5.41) is 9.29. The van der Waals surface area contributed by atoms with Gasteiger partial charge < -0.3 is 9.84 Å². The summed E-state index contributed by atoms with van der Waals surface area (Å²) in [4.78, 5) is 15.2. The van der Waals surface area contributed by atoms with Crippen molar-refractivity contribution in [3.05, 3.63) is 11.2 Å². The minimum atomic E-state index is -3.89. The number of aliphatic hydroxyl groups excluding tert-OH is 1. The Kier molecular flexibility index (Phi) is 3.90. The lowest BCUT2D eigenvalue weighted by molar-refractivity contribution is 0.0590. The number of aliphatic hydroxyl groups is 1. The molecule has 106 valence electrons. The molecule has 19 heavy (non-hydrogen) atoms. The fraction of sp³-hybridized carbons (Fsp3) is 0.600. The van der Waals surface area contributed by atoms with E-state index in [0.29, 0.717) is 12.8 Å². The van der Waals surface area contributed by atoms with Crippen molar-refractivity contribution >= 4 is 27.3 Å². The van der Waals surface area contributed by atoms with Gasteiger partial charge in [-0.15, -0.1) is 11.3 Å². The van der Waals surface area contributed by atoms with Crippen LogP contribution in [0, 0.1) is 0 Å². The smallest absolute Gasteiger partial charge is 0.358 e. The van der Waals surface area contributed by atoms with Gasteiger partial charge in [0, 0.05) is 0 Å². The molecule has 0 saturated heterocycles. The third kappa shape index (κ3) is 2.64. The van der Waals surface area contributed by atoms with Gasteiger partial charge in [-0.1, -0.05) is 0 Å². The van der Waals surface area contributed by atoms with Crippen LogP contribution in [0.2, 0.25) is 0 Å². The topological polar surface area (TPSA) is 106 Å². The van der Waals surface area contributed by atoms with E-state index in [4.69, 9.17) is 0 Å². The number of rotatable bonds is 5. The second-order valence-corrected chi connectivity index (χ2v) is 7.11. The van der Waals surface area contributed by atoms with Crippen molar-refractivity contribution < 1.29 is 23.1 Å². The van der Waals surface area contributed by atoms with Gasteiger partial charge in [0.2, 0.25) is 0 Å². The Labute approximate surface area is 114 Å². The fourth-order valence-electron chi connectivity index (χ4n) is 1.89. The highest BCUT2D eigenvalue weighted by molar-refractivity contribution is 7.91. The van der Waals surface area contributed by atoms with Crippen molar-refractivity contribution in [2.24, 2.45) is 0 Å². The minimum absolute atomic E-state index is 0.181. The Bertz CT molecular complexity index is 571. The predicted molar refractivity (Wildman–Crippen MR) is 67.4 cm³/mol. The van der Waals surface area contributed by atoms with Crippen molar-refractivity contribution in [3.8, 4) is 0 Å². The van der Waals surface area contributed by atoms with Crippen molar-refractivity contribution in [1.29, 1.82) is 0 Å². The molecular weight excluding hydrogens is 292 g/mol. The van der Waals surface area contributed by atoms with E-state index < -0.39 is 21.5 Å². The first-order chi connectivity index (χ1) is 8.94. The highest BCUT2D eigenvalue weighted by Gasteiger charge is 2.41. The molecule has 1 aromatic rings. The summed E-state index contributed by atoms with van der Waals surface area (Å²) in [7, 11) is -2.73. The Morgan fingerprint density at radius 1 is 1.63 bits per heavy atom. The van der Waals surface area contributed by atoms with Gasteiger partial charge in [-0.3, -0.25) is 0 Å². The number of carbonyl (C=O) groups is 1. The SMILES string of the molecule is COC(=O)c1ncsc1S(=O)(=O)NC1(CO)CCC1. The third-order valence-electron chi connectivity index (χ3n) is 3.12. The highest BCUT2D eigenvalue weighted by Crippen LogP contribution is 2.33. The number of nitrogens with one attached hydrogen (secondary N) is 1. The molecule has 9 heteroatoms. The summed E-state index contributed by atoms with van der Waals surface area (Å²) < 4.78 is 31.3. The van der Waals surface area contributed by atoms with Crippen molar-refractivity contribution in [3.63, 3.8) is 0 Å². The number of nitrogens with zero attached hydrogens (tertiary/aromatic N) is 1. The first-order valence-electron chi connectivity index (χ1n) is 5.61. The Morgan fingerprint density at radius 3 is 2.79 bits per heavy atom. The summed E-state index contributed by atoms with van der Waals surface area (Å²) >= 11 is 0.842. The van der Waals surface area contributed by atoms with Gasteiger partial charge in [0.05, 0.1) is 24.8 Å². The van der Waals surface area contributed by atoms with E-state index in [1.54, 1.807) is 0 Å². The van der Waals surface area contributed by atoms with E-state index in [1.165, 1.54) is 5.51 Å². The molecule has 0 aromatic carbocycles. The second-order valence-electron chi connectivity index (χ2n) is 4.38. The fourth-order valence-corrected chi connectivity index (χ4v) is 4.47. The number of thiazole rings is 1. The molecule has 2 N–H and O–H groups in total. The zero-order chi connectivity index (χ0) is 14.1. The zero-order valence-electron chi connectivity index (χ0n) is 10.2. The first-order valence-corrected chi connectivity index (χ1v) is 7.97. The van der Waals surface area contributed by atoms with Gasteiger partial charge in [-0.2, -0.15) is 0 Å². The predicted octanol–water partition coefficient (Wildman–Crippen LogP) is 0.123. The van der Waals surface area contributed by atoms with Crippen LogP contribution >= 0.6 is 11.3 Å². The van der Waals surface area contributed by atoms with Crippen LogP contribution in [0.25, 0.3) is 0 Å². The van der Waals surface area contributed by atoms with Crippen molar-refractivity contribution in [2.75, 3.05) is 13.7 Å². The molecule has 0 aliphatic heterocycles. The molecular formula is C10H14N2O5S2. The lowest BCUT2D eigenvalue weighted by Crippen LogP contribution is -2.56. The maximum Gasteiger partial charge on any atom is 0.358 e. The van der Waals surface area contributed by atoms with Crippen LogP contribution in [0.15, 0.2) is 9.72 Å². The molecule has 0 atom stereocenters. The van der Waals surface area contributed by atoms with E-state index in [9.17, 15) is 18.3 Å². The average molecular weight is 306 g/mol. The monoisotopic (exact) mass is 306 g/mol. The number of hydrogen-bond donors (Lipinski definition) is 2. The van der Waals surface area contributed by atoms with Crippen LogP contribution in [0.4, 0.5) is 0 Å². The van der Waals surface area contributed by atoms with Crippen LogP contribution in [0.1, 0.15) is 29.8 Å². The summed E-state index contributed by atoms with van der Waals surface area (Å²) in [6, 6.07) is 0. The van der Waals surface area contributed by atoms with E-state index in [1.807, 2.05) is 0 Å². The Balaban J connectivity index is 2.30. The van der Waals surface area contributed by atoms with E-state index in [0.717, 1.165) is 24.9 Å². The maximum absolute atomic E-state index is 12.2. The largest absolute Gasteiger partial charge is 0.464 e. The van der Waals surface area contributed by atoms with Gasteiger partial charge in [0.15, 0.2) is 9.90 Å². The number of carbonyl (C=O) groups excluding carboxylic acids is 1. The van der Waals surface area contributed by atoms with Gasteiger partial charge in [-0.05, 0) is 19.3 Å². The lowest BCUT2D eigenvalue weighted by Gasteiger charge is -2.40. The molecule has 1 aromatic heterocycles. The summed E-state index contributed by atoms with van der Waals surface area (Å²) in [6.07, 6.45) is 2.01. The zero-order valence-corrected chi connectivity index (χ0v) is 11.9. The van der Waals surface area contributed by atoms with Crippen LogP contribution in [-0.4, -0.2) is 43.7 Å². The molecule has 2 rings (SSSR count). The Hall–Kier alpha value is -1.03. The standard InChI is InChI=1S/C10H14N2O5S2/c1-17-8(14)7-9(18-6-11-7)19(15,16)12-10(5-13)3-2-4-10/h6,12-13H,2-5H2,1H3. The third-order valence-corrected chi connectivity index (χ3v) is 6.07. The molecule has 1 fully saturated rings. The van der Waals surface area contributed by atoms with Gasteiger partial charge >= 0.3 is 5.97 Å². The molecule has 7 nitrogen and oxygen atoms in total. The molecule has 0 bridgehead atoms. The molecule has 1 heterocycles. The van der Waals surface area contributed by atoms with Crippen molar-refractivity contribution in [1.82, 2.24) is 9.71 Å². The first kappa shape index (κ1) is 14.4. The second kappa shape index (κ2) is 5.16. The average Bonchev–Trinajstić information content (AvgIpc) is 2.83. The summed E-state index contributed by atoms with van der Waals surface area (Å²) in [6.45, 7) is -0.265. The number of ether oxygens (including phenoxy) is 1. The van der Waals surface area contributed by atoms with E-state index >= 15 is 0 Å². The van der Waals surface area contributed by atoms with E-state index in [2.05, 4.69) is 14.4 Å².